The second-order valence-corrected chi connectivity index (χ2v) is 12.3. The van der Waals surface area contributed by atoms with Gasteiger partial charge in [-0.15, -0.1) is 12.6 Å². The first-order valence-electron chi connectivity index (χ1n) is 12.6. The van der Waals surface area contributed by atoms with Gasteiger partial charge in [-0.3, -0.25) is 9.78 Å². The monoisotopic (exact) mass is 654 g/mol. The van der Waals surface area contributed by atoms with Crippen molar-refractivity contribution in [2.24, 2.45) is 0 Å². The van der Waals surface area contributed by atoms with Gasteiger partial charge in [0.25, 0.3) is 15.7 Å². The van der Waals surface area contributed by atoms with Gasteiger partial charge in [-0.05, 0) is 65.2 Å². The third-order valence-corrected chi connectivity index (χ3v) is 8.58. The fourth-order valence-electron chi connectivity index (χ4n) is 4.92. The van der Waals surface area contributed by atoms with Crippen LogP contribution in [0.15, 0.2) is 76.7 Å². The molecule has 0 bridgehead atoms. The minimum atomic E-state index is -5.72. The van der Waals surface area contributed by atoms with Crippen molar-refractivity contribution in [2.75, 3.05) is 17.2 Å². The number of thiol groups is 1. The highest BCUT2D eigenvalue weighted by atomic mass is 32.2. The lowest BCUT2D eigenvalue weighted by Crippen LogP contribution is -2.34. The summed E-state index contributed by atoms with van der Waals surface area (Å²) in [6.45, 7) is -0.622. The Morgan fingerprint density at radius 3 is 2.23 bits per heavy atom. The van der Waals surface area contributed by atoms with Gasteiger partial charge in [-0.1, -0.05) is 12.1 Å². The maximum Gasteiger partial charge on any atom is 0.501 e. The average molecular weight is 655 g/mol. The van der Waals surface area contributed by atoms with E-state index in [0.717, 1.165) is 23.1 Å². The molecule has 0 aliphatic carbocycles. The number of hydrogen-bond donors (Lipinski definition) is 2. The number of carbonyl (C=O) groups excluding carboxylic acids is 2. The lowest BCUT2D eigenvalue weighted by Gasteiger charge is -2.24. The number of hydrogen-bond acceptors (Lipinski definition) is 7. The summed E-state index contributed by atoms with van der Waals surface area (Å²) in [6.07, 6.45) is -4.88. The molecular weight excluding hydrogens is 634 g/mol. The second kappa shape index (κ2) is 11.0. The van der Waals surface area contributed by atoms with Crippen molar-refractivity contribution in [3.8, 4) is 11.1 Å². The van der Waals surface area contributed by atoms with E-state index in [2.05, 4.69) is 17.6 Å². The van der Waals surface area contributed by atoms with Crippen LogP contribution in [-0.4, -0.2) is 48.5 Å². The number of amides is 3. The molecule has 1 saturated heterocycles. The molecule has 44 heavy (non-hydrogen) atoms. The van der Waals surface area contributed by atoms with Crippen LogP contribution in [0, 0.1) is 0 Å². The van der Waals surface area contributed by atoms with Gasteiger partial charge < -0.3 is 10.6 Å². The highest BCUT2D eigenvalue weighted by Gasteiger charge is 2.47. The number of imide groups is 1. The molecule has 4 aromatic rings. The highest BCUT2D eigenvalue weighted by Crippen LogP contribution is 2.42. The Labute approximate surface area is 251 Å². The van der Waals surface area contributed by atoms with Gasteiger partial charge in [0.05, 0.1) is 22.5 Å². The highest BCUT2D eigenvalue weighted by molar-refractivity contribution is 7.92. The Morgan fingerprint density at radius 2 is 1.59 bits per heavy atom. The summed E-state index contributed by atoms with van der Waals surface area (Å²) in [4.78, 5) is 31.8. The normalized spacial score (nSPS) is 14.6. The molecule has 1 aliphatic rings. The Balaban J connectivity index is 1.60. The first-order valence-corrected chi connectivity index (χ1v) is 14.5. The molecule has 0 radical (unpaired) electrons. The van der Waals surface area contributed by atoms with Crippen molar-refractivity contribution in [1.82, 2.24) is 9.88 Å². The maximum atomic E-state index is 13.7. The molecule has 3 aromatic carbocycles. The number of nitrogen functional groups attached to an aromatic ring is 1. The van der Waals surface area contributed by atoms with Crippen molar-refractivity contribution < 1.29 is 44.3 Å². The van der Waals surface area contributed by atoms with Crippen molar-refractivity contribution in [3.63, 3.8) is 0 Å². The Morgan fingerprint density at radius 1 is 0.909 bits per heavy atom. The third kappa shape index (κ3) is 5.91. The third-order valence-electron chi connectivity index (χ3n) is 6.82. The fraction of sp³-hybridized carbons (Fsp3) is 0.179. The van der Waals surface area contributed by atoms with Gasteiger partial charge in [0.1, 0.15) is 6.54 Å². The Bertz CT molecular complexity index is 1910. The van der Waals surface area contributed by atoms with Gasteiger partial charge in [-0.25, -0.2) is 18.1 Å². The Hall–Kier alpha value is -4.31. The SMILES string of the molecule is Nc1ccc2nccc(CN3CC(=O)N(c4c(CC(F)(F)F)cc(S)cc4-c4ccc(S(=O)(=O)C(F)(F)F)cc4)C3=O)c2c1. The number of nitrogens with zero attached hydrogens (tertiary/aromatic N) is 3. The first kappa shape index (κ1) is 31.1. The molecule has 8 nitrogen and oxygen atoms in total. The molecule has 2 N–H and O–H groups in total. The number of benzene rings is 3. The van der Waals surface area contributed by atoms with E-state index in [-0.39, 0.29) is 22.6 Å². The molecule has 1 fully saturated rings. The number of alkyl halides is 6. The molecule has 0 atom stereocenters. The zero-order chi connectivity index (χ0) is 32.2. The van der Waals surface area contributed by atoms with Crippen LogP contribution in [-0.2, 0) is 27.6 Å². The molecule has 0 saturated carbocycles. The van der Waals surface area contributed by atoms with Crippen molar-refractivity contribution in [3.05, 3.63) is 78.0 Å². The summed E-state index contributed by atoms with van der Waals surface area (Å²) >= 11 is 4.16. The van der Waals surface area contributed by atoms with Gasteiger partial charge in [-0.2, -0.15) is 26.3 Å². The smallest absolute Gasteiger partial charge is 0.399 e. The van der Waals surface area contributed by atoms with Crippen LogP contribution in [0.3, 0.4) is 0 Å². The number of halogens is 6. The van der Waals surface area contributed by atoms with E-state index in [9.17, 15) is 44.3 Å². The molecule has 5 rings (SSSR count). The molecule has 1 aromatic heterocycles. The number of anilines is 2. The second-order valence-electron chi connectivity index (χ2n) is 9.88. The van der Waals surface area contributed by atoms with Gasteiger partial charge in [0.2, 0.25) is 0 Å². The van der Waals surface area contributed by atoms with Crippen LogP contribution in [0.1, 0.15) is 11.1 Å². The van der Waals surface area contributed by atoms with E-state index in [1.54, 1.807) is 24.3 Å². The summed E-state index contributed by atoms with van der Waals surface area (Å²) in [5.41, 5.74) is 0.676. The maximum absolute atomic E-state index is 13.7. The number of carbonyl (C=O) groups is 2. The van der Waals surface area contributed by atoms with Gasteiger partial charge in [0.15, 0.2) is 0 Å². The number of aromatic nitrogens is 1. The first-order chi connectivity index (χ1) is 20.5. The van der Waals surface area contributed by atoms with E-state index < -0.39 is 62.6 Å². The summed E-state index contributed by atoms with van der Waals surface area (Å²) in [5.74, 6) is -0.860. The van der Waals surface area contributed by atoms with E-state index in [4.69, 9.17) is 5.73 Å². The zero-order valence-corrected chi connectivity index (χ0v) is 23.9. The van der Waals surface area contributed by atoms with Crippen molar-refractivity contribution in [2.45, 2.75) is 34.4 Å². The van der Waals surface area contributed by atoms with Crippen LogP contribution in [0.4, 0.5) is 42.5 Å². The average Bonchev–Trinajstić information content (AvgIpc) is 3.19. The predicted molar refractivity (Wildman–Crippen MR) is 152 cm³/mol. The van der Waals surface area contributed by atoms with Crippen LogP contribution in [0.25, 0.3) is 22.0 Å². The van der Waals surface area contributed by atoms with Crippen LogP contribution < -0.4 is 10.6 Å². The van der Waals surface area contributed by atoms with Crippen LogP contribution in [0.5, 0.6) is 0 Å². The molecular formula is C28H20F6N4O4S2. The van der Waals surface area contributed by atoms with Gasteiger partial charge >= 0.3 is 17.7 Å². The van der Waals surface area contributed by atoms with Crippen LogP contribution in [0.2, 0.25) is 0 Å². The fourth-order valence-corrected chi connectivity index (χ4v) is 5.96. The quantitative estimate of drug-likeness (QED) is 0.112. The lowest BCUT2D eigenvalue weighted by atomic mass is 9.97. The Kier molecular flexibility index (Phi) is 7.78. The van der Waals surface area contributed by atoms with Crippen molar-refractivity contribution >= 4 is 56.7 Å². The number of pyridine rings is 1. The molecule has 2 heterocycles. The number of urea groups is 1. The zero-order valence-electron chi connectivity index (χ0n) is 22.1. The van der Waals surface area contributed by atoms with E-state index in [1.165, 1.54) is 12.3 Å². The van der Waals surface area contributed by atoms with E-state index >= 15 is 0 Å². The molecule has 230 valence electrons. The molecule has 3 amide bonds. The molecule has 1 aliphatic heterocycles. The summed E-state index contributed by atoms with van der Waals surface area (Å²) in [6, 6.07) is 11.0. The van der Waals surface area contributed by atoms with Crippen LogP contribution >= 0.6 is 12.6 Å². The molecule has 16 heteroatoms. The number of nitrogens with two attached hydrogens (primary N) is 1. The van der Waals surface area contributed by atoms with E-state index in [0.29, 0.717) is 39.2 Å². The largest absolute Gasteiger partial charge is 0.501 e. The molecule has 0 unspecified atom stereocenters. The minimum Gasteiger partial charge on any atom is -0.399 e. The summed E-state index contributed by atoms with van der Waals surface area (Å²) in [7, 11) is -5.72. The lowest BCUT2D eigenvalue weighted by molar-refractivity contribution is -0.127. The van der Waals surface area contributed by atoms with Gasteiger partial charge in [0, 0.05) is 34.3 Å². The number of fused-ring (bicyclic) bond motifs is 1. The number of rotatable bonds is 6. The topological polar surface area (TPSA) is 114 Å². The van der Waals surface area contributed by atoms with Crippen molar-refractivity contribution in [1.29, 1.82) is 0 Å². The van der Waals surface area contributed by atoms with E-state index in [1.807, 2.05) is 0 Å². The summed E-state index contributed by atoms with van der Waals surface area (Å²) < 4.78 is 104. The molecule has 0 spiro atoms. The minimum absolute atomic E-state index is 0.00761. The number of sulfone groups is 1. The summed E-state index contributed by atoms with van der Waals surface area (Å²) in [5, 5.41) is 0.595. The standard InChI is InChI=1S/C28H20F6N4O4S2/c29-27(30,31)12-17-9-19(43)11-22(15-1-4-20(5-2-15)44(41,42)28(32,33)34)25(17)38-24(39)14-37(26(38)40)13-16-7-8-36-23-6-3-18(35)10-21(16)23/h1-11,43H,12-14,35H2. The predicted octanol–water partition coefficient (Wildman–Crippen LogP) is 6.14.